The molecule has 2 rings (SSSR count). The molecule has 2 aromatic rings. The van der Waals surface area contributed by atoms with E-state index >= 15 is 0 Å². The first kappa shape index (κ1) is 9.33. The Labute approximate surface area is 85.0 Å². The number of aldehydes is 1. The minimum absolute atomic E-state index is 0.0501. The van der Waals surface area contributed by atoms with E-state index in [-0.39, 0.29) is 17.2 Å². The SMILES string of the molecule is O=Cc1ccc(O)c2cc(O)c(O)cc12. The van der Waals surface area contributed by atoms with Gasteiger partial charge in [0.2, 0.25) is 0 Å². The fourth-order valence-electron chi connectivity index (χ4n) is 1.48. The first-order valence-corrected chi connectivity index (χ1v) is 4.26. The topological polar surface area (TPSA) is 77.8 Å². The summed E-state index contributed by atoms with van der Waals surface area (Å²) in [5.41, 5.74) is 0.345. The maximum absolute atomic E-state index is 10.7. The van der Waals surface area contributed by atoms with Crippen molar-refractivity contribution in [3.8, 4) is 17.2 Å². The van der Waals surface area contributed by atoms with Gasteiger partial charge in [-0.25, -0.2) is 0 Å². The molecule has 0 aliphatic heterocycles. The van der Waals surface area contributed by atoms with E-state index in [1.54, 1.807) is 0 Å². The Hall–Kier alpha value is -2.23. The monoisotopic (exact) mass is 204 g/mol. The summed E-state index contributed by atoms with van der Waals surface area (Å²) in [5.74, 6) is -0.706. The van der Waals surface area contributed by atoms with Crippen molar-refractivity contribution in [2.24, 2.45) is 0 Å². The molecule has 2 aromatic carbocycles. The number of carbonyl (C=O) groups is 1. The first-order valence-electron chi connectivity index (χ1n) is 4.26. The average molecular weight is 204 g/mol. The maximum Gasteiger partial charge on any atom is 0.158 e. The highest BCUT2D eigenvalue weighted by molar-refractivity contribution is 6.02. The van der Waals surface area contributed by atoms with Crippen LogP contribution in [0.3, 0.4) is 0 Å². The molecule has 0 aliphatic carbocycles. The van der Waals surface area contributed by atoms with E-state index in [0.29, 0.717) is 22.6 Å². The van der Waals surface area contributed by atoms with Gasteiger partial charge in [-0.05, 0) is 29.7 Å². The van der Waals surface area contributed by atoms with Gasteiger partial charge >= 0.3 is 0 Å². The predicted octanol–water partition coefficient (Wildman–Crippen LogP) is 1.77. The van der Waals surface area contributed by atoms with Crippen LogP contribution in [0.2, 0.25) is 0 Å². The van der Waals surface area contributed by atoms with Crippen LogP contribution in [-0.2, 0) is 0 Å². The van der Waals surface area contributed by atoms with E-state index < -0.39 is 0 Å². The number of carbonyl (C=O) groups excluding carboxylic acids is 1. The molecule has 0 saturated heterocycles. The lowest BCUT2D eigenvalue weighted by Gasteiger charge is -2.05. The third kappa shape index (κ3) is 1.36. The van der Waals surface area contributed by atoms with Gasteiger partial charge in [0.15, 0.2) is 17.8 Å². The summed E-state index contributed by atoms with van der Waals surface area (Å²) in [4.78, 5) is 10.7. The Balaban J connectivity index is 2.94. The second-order valence-corrected chi connectivity index (χ2v) is 3.18. The Morgan fingerprint density at radius 1 is 0.867 bits per heavy atom. The molecule has 0 spiro atoms. The van der Waals surface area contributed by atoms with Gasteiger partial charge < -0.3 is 15.3 Å². The van der Waals surface area contributed by atoms with Gasteiger partial charge in [0, 0.05) is 10.9 Å². The number of phenolic OH excluding ortho intramolecular Hbond substituents is 3. The van der Waals surface area contributed by atoms with Crippen LogP contribution < -0.4 is 0 Å². The third-order valence-corrected chi connectivity index (χ3v) is 2.25. The van der Waals surface area contributed by atoms with Crippen LogP contribution in [0, 0.1) is 0 Å². The highest BCUT2D eigenvalue weighted by atomic mass is 16.3. The van der Waals surface area contributed by atoms with Crippen molar-refractivity contribution >= 4 is 17.1 Å². The Bertz CT molecular complexity index is 546. The fourth-order valence-corrected chi connectivity index (χ4v) is 1.48. The first-order chi connectivity index (χ1) is 7.13. The van der Waals surface area contributed by atoms with Crippen molar-refractivity contribution in [3.63, 3.8) is 0 Å². The number of benzene rings is 2. The Morgan fingerprint density at radius 3 is 2.07 bits per heavy atom. The van der Waals surface area contributed by atoms with Gasteiger partial charge in [0.25, 0.3) is 0 Å². The number of hydrogen-bond donors (Lipinski definition) is 3. The van der Waals surface area contributed by atoms with Crippen LogP contribution in [0.5, 0.6) is 17.2 Å². The normalized spacial score (nSPS) is 10.4. The van der Waals surface area contributed by atoms with Crippen molar-refractivity contribution in [1.29, 1.82) is 0 Å². The molecule has 0 heterocycles. The van der Waals surface area contributed by atoms with E-state index in [1.807, 2.05) is 0 Å². The minimum Gasteiger partial charge on any atom is -0.507 e. The molecule has 0 unspecified atom stereocenters. The summed E-state index contributed by atoms with van der Waals surface area (Å²) in [7, 11) is 0. The van der Waals surface area contributed by atoms with Gasteiger partial charge in [-0.3, -0.25) is 4.79 Å². The highest BCUT2D eigenvalue weighted by Crippen LogP contribution is 2.35. The highest BCUT2D eigenvalue weighted by Gasteiger charge is 2.09. The lowest BCUT2D eigenvalue weighted by Crippen LogP contribution is -1.84. The standard InChI is InChI=1S/C11H8O4/c12-5-6-1-2-9(13)8-4-11(15)10(14)3-7(6)8/h1-5,13-15H. The zero-order chi connectivity index (χ0) is 11.0. The molecule has 0 bridgehead atoms. The van der Waals surface area contributed by atoms with Crippen LogP contribution in [0.4, 0.5) is 0 Å². The van der Waals surface area contributed by atoms with E-state index in [0.717, 1.165) is 0 Å². The molecule has 0 atom stereocenters. The summed E-state index contributed by atoms with van der Waals surface area (Å²) in [6, 6.07) is 5.27. The van der Waals surface area contributed by atoms with Gasteiger partial charge in [0.1, 0.15) is 5.75 Å². The maximum atomic E-state index is 10.7. The van der Waals surface area contributed by atoms with Crippen molar-refractivity contribution in [2.75, 3.05) is 0 Å². The number of aromatic hydroxyl groups is 3. The molecule has 0 saturated carbocycles. The molecule has 0 radical (unpaired) electrons. The van der Waals surface area contributed by atoms with Crippen molar-refractivity contribution in [2.45, 2.75) is 0 Å². The van der Waals surface area contributed by atoms with Gasteiger partial charge in [0.05, 0.1) is 0 Å². The summed E-state index contributed by atoms with van der Waals surface area (Å²) in [6.45, 7) is 0. The minimum atomic E-state index is -0.333. The summed E-state index contributed by atoms with van der Waals surface area (Å²) in [5, 5.41) is 28.8. The Morgan fingerprint density at radius 2 is 1.47 bits per heavy atom. The molecule has 4 nitrogen and oxygen atoms in total. The second kappa shape index (κ2) is 3.16. The number of hydrogen-bond acceptors (Lipinski definition) is 4. The molecular formula is C11H8O4. The molecule has 4 heteroatoms. The quantitative estimate of drug-likeness (QED) is 0.488. The van der Waals surface area contributed by atoms with Crippen LogP contribution in [-0.4, -0.2) is 21.6 Å². The summed E-state index contributed by atoms with van der Waals surface area (Å²) in [6.07, 6.45) is 0.623. The molecule has 0 aliphatic rings. The van der Waals surface area contributed by atoms with E-state index in [4.69, 9.17) is 0 Å². The average Bonchev–Trinajstić information content (AvgIpc) is 2.22. The zero-order valence-corrected chi connectivity index (χ0v) is 7.64. The Kier molecular flexibility index (Phi) is 1.97. The van der Waals surface area contributed by atoms with Crippen LogP contribution in [0.15, 0.2) is 24.3 Å². The van der Waals surface area contributed by atoms with Gasteiger partial charge in [-0.15, -0.1) is 0 Å². The third-order valence-electron chi connectivity index (χ3n) is 2.25. The molecule has 0 aromatic heterocycles. The van der Waals surface area contributed by atoms with E-state index in [1.165, 1.54) is 24.3 Å². The van der Waals surface area contributed by atoms with Crippen molar-refractivity contribution in [1.82, 2.24) is 0 Å². The largest absolute Gasteiger partial charge is 0.507 e. The lowest BCUT2D eigenvalue weighted by molar-refractivity contribution is 0.112. The molecule has 76 valence electrons. The number of rotatable bonds is 1. The number of phenols is 3. The number of fused-ring (bicyclic) bond motifs is 1. The van der Waals surface area contributed by atoms with Crippen molar-refractivity contribution < 1.29 is 20.1 Å². The molecule has 0 amide bonds. The molecule has 0 fully saturated rings. The summed E-state index contributed by atoms with van der Waals surface area (Å²) >= 11 is 0. The summed E-state index contributed by atoms with van der Waals surface area (Å²) < 4.78 is 0. The predicted molar refractivity (Wildman–Crippen MR) is 54.3 cm³/mol. The molecule has 3 N–H and O–H groups in total. The molecular weight excluding hydrogens is 196 g/mol. The van der Waals surface area contributed by atoms with Crippen LogP contribution >= 0.6 is 0 Å². The zero-order valence-electron chi connectivity index (χ0n) is 7.64. The fraction of sp³-hybridized carbons (Fsp3) is 0. The van der Waals surface area contributed by atoms with E-state index in [2.05, 4.69) is 0 Å². The lowest BCUT2D eigenvalue weighted by atomic mass is 10.0. The smallest absolute Gasteiger partial charge is 0.158 e. The van der Waals surface area contributed by atoms with E-state index in [9.17, 15) is 20.1 Å². The van der Waals surface area contributed by atoms with Gasteiger partial charge in [-0.2, -0.15) is 0 Å². The van der Waals surface area contributed by atoms with Crippen LogP contribution in [0.1, 0.15) is 10.4 Å². The second-order valence-electron chi connectivity index (χ2n) is 3.18. The molecule has 15 heavy (non-hydrogen) atoms. The van der Waals surface area contributed by atoms with Gasteiger partial charge in [-0.1, -0.05) is 0 Å². The van der Waals surface area contributed by atoms with Crippen LogP contribution in [0.25, 0.3) is 10.8 Å². The van der Waals surface area contributed by atoms with Crippen molar-refractivity contribution in [3.05, 3.63) is 29.8 Å².